The molecule has 2 fully saturated rings. The van der Waals surface area contributed by atoms with E-state index in [2.05, 4.69) is 5.10 Å². The highest BCUT2D eigenvalue weighted by molar-refractivity contribution is 7.89. The Morgan fingerprint density at radius 1 is 1.19 bits per heavy atom. The minimum atomic E-state index is -3.82. The van der Waals surface area contributed by atoms with E-state index in [1.165, 1.54) is 27.2 Å². The van der Waals surface area contributed by atoms with E-state index in [1.54, 1.807) is 24.2 Å². The second-order valence-electron chi connectivity index (χ2n) is 6.71. The number of aryl methyl sites for hydroxylation is 1. The highest BCUT2D eigenvalue weighted by Gasteiger charge is 2.41. The molecule has 0 spiro atoms. The average Bonchev–Trinajstić information content (AvgIpc) is 3.06. The molecular weight excluding hydrogens is 375 g/mol. The number of rotatable bonds is 3. The Morgan fingerprint density at radius 2 is 1.89 bits per heavy atom. The van der Waals surface area contributed by atoms with E-state index in [4.69, 9.17) is 4.74 Å². The number of nitrogens with zero attached hydrogens (tertiary/aromatic N) is 4. The van der Waals surface area contributed by atoms with E-state index in [0.717, 1.165) is 6.07 Å². The largest absolute Gasteiger partial charge is 0.369 e. The first kappa shape index (κ1) is 18.1. The van der Waals surface area contributed by atoms with Gasteiger partial charge in [-0.2, -0.15) is 9.40 Å². The van der Waals surface area contributed by atoms with Crippen LogP contribution in [0.1, 0.15) is 10.5 Å². The number of carbonyl (C=O) groups excluding carboxylic acids is 1. The van der Waals surface area contributed by atoms with E-state index in [1.807, 2.05) is 0 Å². The number of ether oxygens (including phenoxy) is 1. The average molecular weight is 394 g/mol. The van der Waals surface area contributed by atoms with Crippen molar-refractivity contribution in [3.05, 3.63) is 48.0 Å². The number of aromatic nitrogens is 2. The molecule has 2 bridgehead atoms. The molecule has 8 nitrogen and oxygen atoms in total. The second-order valence-corrected chi connectivity index (χ2v) is 8.65. The molecule has 10 heteroatoms. The molecule has 0 saturated carbocycles. The van der Waals surface area contributed by atoms with E-state index < -0.39 is 28.0 Å². The van der Waals surface area contributed by atoms with Gasteiger partial charge in [0.15, 0.2) is 0 Å². The molecule has 2 saturated heterocycles. The Bertz CT molecular complexity index is 963. The molecule has 2 aliphatic heterocycles. The van der Waals surface area contributed by atoms with Gasteiger partial charge in [-0.15, -0.1) is 0 Å². The molecular formula is C17H19FN4O4S. The van der Waals surface area contributed by atoms with Crippen molar-refractivity contribution in [3.8, 4) is 0 Å². The lowest BCUT2D eigenvalue weighted by molar-refractivity contribution is -0.113. The van der Waals surface area contributed by atoms with Gasteiger partial charge in [-0.05, 0) is 24.3 Å². The number of hydrogen-bond acceptors (Lipinski definition) is 5. The summed E-state index contributed by atoms with van der Waals surface area (Å²) in [4.78, 5) is 14.3. The Labute approximate surface area is 156 Å². The molecule has 0 N–H and O–H groups in total. The van der Waals surface area contributed by atoms with E-state index >= 15 is 0 Å². The molecule has 27 heavy (non-hydrogen) atoms. The predicted molar refractivity (Wildman–Crippen MR) is 92.9 cm³/mol. The monoisotopic (exact) mass is 394 g/mol. The fraction of sp³-hybridized carbons (Fsp3) is 0.412. The molecule has 1 amide bonds. The summed E-state index contributed by atoms with van der Waals surface area (Å²) in [5.41, 5.74) is 0.471. The molecule has 2 aromatic rings. The van der Waals surface area contributed by atoms with Crippen LogP contribution in [0.2, 0.25) is 0 Å². The van der Waals surface area contributed by atoms with Gasteiger partial charge in [0.25, 0.3) is 5.91 Å². The van der Waals surface area contributed by atoms with Crippen molar-refractivity contribution in [1.82, 2.24) is 19.0 Å². The van der Waals surface area contributed by atoms with Crippen LogP contribution in [0.25, 0.3) is 0 Å². The van der Waals surface area contributed by atoms with Gasteiger partial charge in [-0.1, -0.05) is 6.07 Å². The number of benzene rings is 1. The number of hydrogen-bond donors (Lipinski definition) is 0. The zero-order chi connectivity index (χ0) is 19.2. The molecule has 2 atom stereocenters. The van der Waals surface area contributed by atoms with E-state index in [0.29, 0.717) is 5.69 Å². The second kappa shape index (κ2) is 6.70. The van der Waals surface area contributed by atoms with Crippen LogP contribution in [0.4, 0.5) is 4.39 Å². The zero-order valence-electron chi connectivity index (χ0n) is 14.7. The SMILES string of the molecule is Cn1nccc1C(=O)N1CC2CN(S(=O)(=O)c3cccc(F)c3)CC(C1)O2. The van der Waals surface area contributed by atoms with Gasteiger partial charge in [-0.25, -0.2) is 12.8 Å². The lowest BCUT2D eigenvalue weighted by atomic mass is 10.1. The standard InChI is InChI=1S/C17H19FN4O4S/c1-20-16(5-6-19-20)17(23)21-8-13-10-22(11-14(9-21)26-13)27(24,25)15-4-2-3-12(18)7-15/h2-7,13-14H,8-11H2,1H3. The normalized spacial score (nSPS) is 23.4. The highest BCUT2D eigenvalue weighted by atomic mass is 32.2. The maximum absolute atomic E-state index is 13.4. The maximum atomic E-state index is 13.4. The first-order chi connectivity index (χ1) is 12.8. The Balaban J connectivity index is 1.51. The predicted octanol–water partition coefficient (Wildman–Crippen LogP) is 0.473. The van der Waals surface area contributed by atoms with Crippen LogP contribution in [0.15, 0.2) is 41.4 Å². The molecule has 2 unspecified atom stereocenters. The van der Waals surface area contributed by atoms with Crippen LogP contribution in [0.5, 0.6) is 0 Å². The summed E-state index contributed by atoms with van der Waals surface area (Å²) in [7, 11) is -2.12. The molecule has 4 rings (SSSR count). The topological polar surface area (TPSA) is 84.7 Å². The molecule has 1 aromatic heterocycles. The summed E-state index contributed by atoms with van der Waals surface area (Å²) >= 11 is 0. The maximum Gasteiger partial charge on any atom is 0.272 e. The van der Waals surface area contributed by atoms with Crippen LogP contribution >= 0.6 is 0 Å². The van der Waals surface area contributed by atoms with Crippen molar-refractivity contribution in [1.29, 1.82) is 0 Å². The van der Waals surface area contributed by atoms with Crippen molar-refractivity contribution in [2.24, 2.45) is 7.05 Å². The lowest BCUT2D eigenvalue weighted by Gasteiger charge is -2.45. The molecule has 3 heterocycles. The summed E-state index contributed by atoms with van der Waals surface area (Å²) in [6, 6.07) is 6.61. The zero-order valence-corrected chi connectivity index (χ0v) is 15.5. The van der Waals surface area contributed by atoms with Gasteiger partial charge >= 0.3 is 0 Å². The lowest BCUT2D eigenvalue weighted by Crippen LogP contribution is -2.61. The Morgan fingerprint density at radius 3 is 2.48 bits per heavy atom. The van der Waals surface area contributed by atoms with Crippen molar-refractivity contribution in [2.75, 3.05) is 26.2 Å². The minimum Gasteiger partial charge on any atom is -0.369 e. The van der Waals surface area contributed by atoms with Crippen molar-refractivity contribution >= 4 is 15.9 Å². The van der Waals surface area contributed by atoms with Crippen LogP contribution in [0.3, 0.4) is 0 Å². The first-order valence-corrected chi connectivity index (χ1v) is 9.97. The third-order valence-corrected chi connectivity index (χ3v) is 6.64. The van der Waals surface area contributed by atoms with Crippen molar-refractivity contribution in [3.63, 3.8) is 0 Å². The smallest absolute Gasteiger partial charge is 0.272 e. The van der Waals surface area contributed by atoms with Gasteiger partial charge in [0, 0.05) is 39.4 Å². The number of fused-ring (bicyclic) bond motifs is 2. The van der Waals surface area contributed by atoms with Gasteiger partial charge in [0.2, 0.25) is 10.0 Å². The van der Waals surface area contributed by atoms with Gasteiger partial charge in [-0.3, -0.25) is 9.48 Å². The molecule has 0 aliphatic carbocycles. The van der Waals surface area contributed by atoms with Crippen LogP contribution < -0.4 is 0 Å². The molecule has 2 aliphatic rings. The third-order valence-electron chi connectivity index (χ3n) is 4.81. The van der Waals surface area contributed by atoms with E-state index in [-0.39, 0.29) is 37.0 Å². The fourth-order valence-corrected chi connectivity index (χ4v) is 5.07. The summed E-state index contributed by atoms with van der Waals surface area (Å²) < 4.78 is 47.8. The summed E-state index contributed by atoms with van der Waals surface area (Å²) in [6.45, 7) is 0.806. The van der Waals surface area contributed by atoms with Gasteiger partial charge in [0.05, 0.1) is 17.1 Å². The fourth-order valence-electron chi connectivity index (χ4n) is 3.54. The highest BCUT2D eigenvalue weighted by Crippen LogP contribution is 2.26. The Hall–Kier alpha value is -2.30. The third kappa shape index (κ3) is 3.35. The molecule has 0 radical (unpaired) electrons. The van der Waals surface area contributed by atoms with Crippen LogP contribution in [-0.4, -0.2) is 71.7 Å². The van der Waals surface area contributed by atoms with Crippen molar-refractivity contribution < 1.29 is 22.3 Å². The number of halogens is 1. The number of sulfonamides is 1. The van der Waals surface area contributed by atoms with Crippen LogP contribution in [-0.2, 0) is 21.8 Å². The van der Waals surface area contributed by atoms with Gasteiger partial charge < -0.3 is 9.64 Å². The summed E-state index contributed by atoms with van der Waals surface area (Å²) in [5.74, 6) is -0.757. The van der Waals surface area contributed by atoms with Gasteiger partial charge in [0.1, 0.15) is 11.5 Å². The number of carbonyl (C=O) groups is 1. The summed E-state index contributed by atoms with van der Waals surface area (Å²) in [6.07, 6.45) is 0.693. The number of morpholine rings is 2. The quantitative estimate of drug-likeness (QED) is 0.756. The van der Waals surface area contributed by atoms with E-state index in [9.17, 15) is 17.6 Å². The first-order valence-electron chi connectivity index (χ1n) is 8.53. The molecule has 144 valence electrons. The minimum absolute atomic E-state index is 0.0784. The number of amides is 1. The van der Waals surface area contributed by atoms with Crippen LogP contribution in [0, 0.1) is 5.82 Å². The summed E-state index contributed by atoms with van der Waals surface area (Å²) in [5, 5.41) is 4.01. The van der Waals surface area contributed by atoms with Crippen molar-refractivity contribution in [2.45, 2.75) is 17.1 Å². The Kier molecular flexibility index (Phi) is 4.49. The molecule has 1 aromatic carbocycles.